The molecule has 10 heteroatoms. The molecule has 2 aromatic carbocycles. The summed E-state index contributed by atoms with van der Waals surface area (Å²) in [6, 6.07) is 4.46. The molecule has 0 bridgehead atoms. The molecule has 1 aliphatic rings. The molecule has 2 aromatic rings. The molecule has 0 fully saturated rings. The maximum absolute atomic E-state index is 13.1. The maximum atomic E-state index is 13.1. The van der Waals surface area contributed by atoms with Crippen LogP contribution in [0.15, 0.2) is 24.3 Å². The van der Waals surface area contributed by atoms with E-state index in [9.17, 15) is 28.8 Å². The highest BCUT2D eigenvalue weighted by Crippen LogP contribution is 2.40. The Bertz CT molecular complexity index is 1040. The zero-order valence-corrected chi connectivity index (χ0v) is 17.4. The summed E-state index contributed by atoms with van der Waals surface area (Å²) in [7, 11) is 0. The zero-order chi connectivity index (χ0) is 23.7. The molecule has 0 heterocycles. The number of carbonyl (C=O) groups is 6. The van der Waals surface area contributed by atoms with Crippen LogP contribution in [0.5, 0.6) is 23.0 Å². The first-order valence-electron chi connectivity index (χ1n) is 9.17. The topological polar surface area (TPSA) is 139 Å². The second-order valence-electron chi connectivity index (χ2n) is 6.72. The van der Waals surface area contributed by atoms with Gasteiger partial charge in [-0.05, 0) is 24.3 Å². The van der Waals surface area contributed by atoms with Crippen molar-refractivity contribution in [1.82, 2.24) is 0 Å². The summed E-state index contributed by atoms with van der Waals surface area (Å²) in [6.07, 6.45) is 0. The van der Waals surface area contributed by atoms with E-state index in [1.165, 1.54) is 0 Å². The van der Waals surface area contributed by atoms with Gasteiger partial charge in [0.2, 0.25) is 0 Å². The predicted octanol–water partition coefficient (Wildman–Crippen LogP) is 2.16. The lowest BCUT2D eigenvalue weighted by molar-refractivity contribution is -0.134. The molecular formula is C22H16O10. The van der Waals surface area contributed by atoms with Crippen LogP contribution in [0.4, 0.5) is 0 Å². The van der Waals surface area contributed by atoms with E-state index in [0.717, 1.165) is 52.0 Å². The van der Waals surface area contributed by atoms with Crippen LogP contribution in [0.25, 0.3) is 0 Å². The number of ether oxygens (including phenoxy) is 4. The van der Waals surface area contributed by atoms with Crippen LogP contribution < -0.4 is 18.9 Å². The van der Waals surface area contributed by atoms with Crippen molar-refractivity contribution in [1.29, 1.82) is 0 Å². The monoisotopic (exact) mass is 440 g/mol. The molecule has 164 valence electrons. The van der Waals surface area contributed by atoms with Crippen molar-refractivity contribution in [3.8, 4) is 23.0 Å². The van der Waals surface area contributed by atoms with Gasteiger partial charge in [0, 0.05) is 49.9 Å². The Morgan fingerprint density at radius 2 is 0.656 bits per heavy atom. The van der Waals surface area contributed by atoms with Gasteiger partial charge in [0.1, 0.15) is 0 Å². The molecule has 0 atom stereocenters. The number of carbonyl (C=O) groups excluding carboxylic acids is 6. The molecule has 3 rings (SSSR count). The van der Waals surface area contributed by atoms with Crippen LogP contribution in [-0.2, 0) is 19.2 Å². The summed E-state index contributed by atoms with van der Waals surface area (Å²) >= 11 is 0. The molecule has 0 aliphatic heterocycles. The minimum atomic E-state index is -0.739. The molecule has 0 aromatic heterocycles. The molecule has 32 heavy (non-hydrogen) atoms. The third kappa shape index (κ3) is 4.38. The van der Waals surface area contributed by atoms with E-state index in [1.807, 2.05) is 0 Å². The molecule has 0 saturated carbocycles. The summed E-state index contributed by atoms with van der Waals surface area (Å²) in [6.45, 7) is 4.45. The van der Waals surface area contributed by atoms with E-state index >= 15 is 0 Å². The minimum Gasteiger partial charge on any atom is -0.423 e. The normalized spacial score (nSPS) is 11.8. The van der Waals surface area contributed by atoms with Gasteiger partial charge in [-0.3, -0.25) is 28.8 Å². The zero-order valence-electron chi connectivity index (χ0n) is 17.4. The van der Waals surface area contributed by atoms with Gasteiger partial charge in [0.15, 0.2) is 34.6 Å². The Morgan fingerprint density at radius 1 is 0.469 bits per heavy atom. The molecule has 0 saturated heterocycles. The Labute approximate surface area is 181 Å². The largest absolute Gasteiger partial charge is 0.423 e. The van der Waals surface area contributed by atoms with Crippen molar-refractivity contribution < 1.29 is 47.7 Å². The highest BCUT2D eigenvalue weighted by atomic mass is 16.6. The molecule has 0 spiro atoms. The molecule has 0 N–H and O–H groups in total. The van der Waals surface area contributed by atoms with Crippen LogP contribution in [0.3, 0.4) is 0 Å². The van der Waals surface area contributed by atoms with E-state index in [1.54, 1.807) is 0 Å². The summed E-state index contributed by atoms with van der Waals surface area (Å²) in [4.78, 5) is 72.0. The molecule has 0 amide bonds. The third-order valence-corrected chi connectivity index (χ3v) is 4.16. The highest BCUT2D eigenvalue weighted by molar-refractivity contribution is 6.29. The van der Waals surface area contributed by atoms with E-state index < -0.39 is 35.4 Å². The SMILES string of the molecule is CC(=O)Oc1cc2c(cc1OC(C)=O)C(=O)c1cc(OC(C)=O)c(OC(C)=O)cc1C2=O. The lowest BCUT2D eigenvalue weighted by Crippen LogP contribution is -2.22. The lowest BCUT2D eigenvalue weighted by atomic mass is 9.83. The summed E-state index contributed by atoms with van der Waals surface area (Å²) in [5.41, 5.74) is -0.486. The van der Waals surface area contributed by atoms with Gasteiger partial charge in [-0.1, -0.05) is 0 Å². The molecule has 0 radical (unpaired) electrons. The Hall–Kier alpha value is -4.34. The average molecular weight is 440 g/mol. The number of hydrogen-bond acceptors (Lipinski definition) is 10. The van der Waals surface area contributed by atoms with Crippen molar-refractivity contribution in [3.63, 3.8) is 0 Å². The first kappa shape index (κ1) is 22.3. The van der Waals surface area contributed by atoms with Crippen LogP contribution in [0, 0.1) is 0 Å². The summed E-state index contributed by atoms with van der Waals surface area (Å²) in [5.74, 6) is -5.18. The second kappa shape index (κ2) is 8.42. The van der Waals surface area contributed by atoms with E-state index in [4.69, 9.17) is 18.9 Å². The maximum Gasteiger partial charge on any atom is 0.308 e. The fraction of sp³-hybridized carbons (Fsp3) is 0.182. The first-order valence-corrected chi connectivity index (χ1v) is 9.17. The van der Waals surface area contributed by atoms with Gasteiger partial charge in [0.25, 0.3) is 0 Å². The van der Waals surface area contributed by atoms with Gasteiger partial charge in [0.05, 0.1) is 0 Å². The van der Waals surface area contributed by atoms with E-state index in [-0.39, 0.29) is 45.3 Å². The van der Waals surface area contributed by atoms with Crippen LogP contribution in [-0.4, -0.2) is 35.4 Å². The first-order chi connectivity index (χ1) is 15.0. The fourth-order valence-electron chi connectivity index (χ4n) is 3.10. The summed E-state index contributed by atoms with van der Waals surface area (Å²) in [5, 5.41) is 0. The standard InChI is InChI=1S/C22H16O10/c1-9(23)29-17-5-13-14(6-18(17)30-10(2)24)22(28)16-8-20(32-12(4)26)19(31-11(3)25)7-15(16)21(13)27/h5-8H,1-4H3. The molecule has 10 nitrogen and oxygen atoms in total. The molecular weight excluding hydrogens is 424 g/mol. The number of fused-ring (bicyclic) bond motifs is 2. The average Bonchev–Trinajstić information content (AvgIpc) is 2.66. The third-order valence-electron chi connectivity index (χ3n) is 4.16. The van der Waals surface area contributed by atoms with Gasteiger partial charge >= 0.3 is 23.9 Å². The van der Waals surface area contributed by atoms with Crippen LogP contribution in [0.1, 0.15) is 59.5 Å². The minimum absolute atomic E-state index is 0.122. The fourth-order valence-corrected chi connectivity index (χ4v) is 3.10. The smallest absolute Gasteiger partial charge is 0.308 e. The van der Waals surface area contributed by atoms with Crippen molar-refractivity contribution in [2.45, 2.75) is 27.7 Å². The molecule has 0 unspecified atom stereocenters. The van der Waals surface area contributed by atoms with Crippen LogP contribution in [0.2, 0.25) is 0 Å². The van der Waals surface area contributed by atoms with E-state index in [0.29, 0.717) is 0 Å². The number of rotatable bonds is 4. The van der Waals surface area contributed by atoms with Gasteiger partial charge < -0.3 is 18.9 Å². The molecule has 1 aliphatic carbocycles. The van der Waals surface area contributed by atoms with Crippen molar-refractivity contribution >= 4 is 35.4 Å². The lowest BCUT2D eigenvalue weighted by Gasteiger charge is -2.21. The van der Waals surface area contributed by atoms with Gasteiger partial charge in [-0.2, -0.15) is 0 Å². The number of esters is 4. The second-order valence-corrected chi connectivity index (χ2v) is 6.72. The quantitative estimate of drug-likeness (QED) is 0.438. The van der Waals surface area contributed by atoms with Crippen LogP contribution >= 0.6 is 0 Å². The Morgan fingerprint density at radius 3 is 0.812 bits per heavy atom. The van der Waals surface area contributed by atoms with Crippen molar-refractivity contribution in [2.75, 3.05) is 0 Å². The highest BCUT2D eigenvalue weighted by Gasteiger charge is 2.34. The number of hydrogen-bond donors (Lipinski definition) is 0. The van der Waals surface area contributed by atoms with Crippen molar-refractivity contribution in [3.05, 3.63) is 46.5 Å². The summed E-state index contributed by atoms with van der Waals surface area (Å²) < 4.78 is 20.1. The number of ketones is 2. The Balaban J connectivity index is 2.22. The van der Waals surface area contributed by atoms with Crippen molar-refractivity contribution in [2.24, 2.45) is 0 Å². The van der Waals surface area contributed by atoms with Gasteiger partial charge in [-0.15, -0.1) is 0 Å². The number of benzene rings is 2. The van der Waals surface area contributed by atoms with Gasteiger partial charge in [-0.25, -0.2) is 0 Å². The van der Waals surface area contributed by atoms with E-state index in [2.05, 4.69) is 0 Å². The Kier molecular flexibility index (Phi) is 5.88. The predicted molar refractivity (Wildman–Crippen MR) is 105 cm³/mol.